The lowest BCUT2D eigenvalue weighted by molar-refractivity contribution is 0.0549. The maximum atomic E-state index is 13.8. The molecule has 132 valence electrons. The fourth-order valence-electron chi connectivity index (χ4n) is 3.80. The summed E-state index contributed by atoms with van der Waals surface area (Å²) in [6.07, 6.45) is 4.45. The maximum absolute atomic E-state index is 13.8. The number of fused-ring (bicyclic) bond motifs is 1. The summed E-state index contributed by atoms with van der Waals surface area (Å²) in [7, 11) is 1.43. The van der Waals surface area contributed by atoms with Crippen molar-refractivity contribution in [3.8, 4) is 5.75 Å². The Labute approximate surface area is 141 Å². The molecule has 2 N–H and O–H groups in total. The van der Waals surface area contributed by atoms with Crippen molar-refractivity contribution >= 4 is 6.03 Å². The number of methoxy groups -OCH3 is 1. The summed E-state index contributed by atoms with van der Waals surface area (Å²) in [4.78, 5) is 12.3. The van der Waals surface area contributed by atoms with Gasteiger partial charge >= 0.3 is 6.03 Å². The van der Waals surface area contributed by atoms with Gasteiger partial charge in [-0.3, -0.25) is 0 Å². The zero-order valence-corrected chi connectivity index (χ0v) is 14.2. The summed E-state index contributed by atoms with van der Waals surface area (Å²) in [5.74, 6) is 0.186. The SMILES string of the molecule is COc1ccc([C@H](C)NC(=O)N[C@@H]2CCC[C@H]3OCC[C@H]23)cc1F. The lowest BCUT2D eigenvalue weighted by atomic mass is 9.82. The molecule has 2 aliphatic rings. The van der Waals surface area contributed by atoms with E-state index < -0.39 is 5.82 Å². The Kier molecular flexibility index (Phi) is 5.23. The fraction of sp³-hybridized carbons (Fsp3) is 0.611. The third-order valence-corrected chi connectivity index (χ3v) is 5.12. The standard InChI is InChI=1S/C18H25FN2O3/c1-11(12-6-7-17(23-2)14(19)10-12)20-18(22)21-15-4-3-5-16-13(15)8-9-24-16/h6-7,10-11,13,15-16H,3-5,8-9H2,1-2H3,(H2,20,21,22)/t11-,13+,15+,16+/m0/s1. The number of rotatable bonds is 4. The van der Waals surface area contributed by atoms with Crippen LogP contribution in [-0.2, 0) is 4.74 Å². The number of carbonyl (C=O) groups excluding carboxylic acids is 1. The van der Waals surface area contributed by atoms with Gasteiger partial charge in [-0.1, -0.05) is 6.07 Å². The van der Waals surface area contributed by atoms with E-state index in [1.54, 1.807) is 12.1 Å². The van der Waals surface area contributed by atoms with Crippen LogP contribution in [0.3, 0.4) is 0 Å². The number of amides is 2. The van der Waals surface area contributed by atoms with Crippen LogP contribution in [0.2, 0.25) is 0 Å². The predicted molar refractivity (Wildman–Crippen MR) is 88.5 cm³/mol. The van der Waals surface area contributed by atoms with Crippen LogP contribution >= 0.6 is 0 Å². The number of urea groups is 1. The quantitative estimate of drug-likeness (QED) is 0.888. The molecule has 0 aromatic heterocycles. The predicted octanol–water partition coefficient (Wildman–Crippen LogP) is 3.15. The van der Waals surface area contributed by atoms with Crippen molar-refractivity contribution in [3.63, 3.8) is 0 Å². The average molecular weight is 336 g/mol. The van der Waals surface area contributed by atoms with E-state index in [9.17, 15) is 9.18 Å². The molecule has 1 aromatic rings. The highest BCUT2D eigenvalue weighted by Gasteiger charge is 2.38. The number of ether oxygens (including phenoxy) is 2. The van der Waals surface area contributed by atoms with Gasteiger partial charge in [-0.2, -0.15) is 0 Å². The minimum absolute atomic E-state index is 0.158. The Morgan fingerprint density at radius 2 is 2.21 bits per heavy atom. The van der Waals surface area contributed by atoms with Crippen LogP contribution in [0, 0.1) is 11.7 Å². The number of hydrogen-bond acceptors (Lipinski definition) is 3. The van der Waals surface area contributed by atoms with Gasteiger partial charge < -0.3 is 20.1 Å². The molecule has 0 spiro atoms. The summed E-state index contributed by atoms with van der Waals surface area (Å²) >= 11 is 0. The second-order valence-corrected chi connectivity index (χ2v) is 6.63. The van der Waals surface area contributed by atoms with Crippen LogP contribution in [0.15, 0.2) is 18.2 Å². The van der Waals surface area contributed by atoms with Gasteiger partial charge in [0.15, 0.2) is 11.6 Å². The van der Waals surface area contributed by atoms with E-state index in [1.807, 2.05) is 6.92 Å². The van der Waals surface area contributed by atoms with E-state index >= 15 is 0 Å². The molecule has 1 heterocycles. The van der Waals surface area contributed by atoms with Crippen molar-refractivity contribution in [2.75, 3.05) is 13.7 Å². The summed E-state index contributed by atoms with van der Waals surface area (Å²) in [5, 5.41) is 5.97. The van der Waals surface area contributed by atoms with Gasteiger partial charge in [0.25, 0.3) is 0 Å². The largest absolute Gasteiger partial charge is 0.494 e. The number of nitrogens with one attached hydrogen (secondary N) is 2. The molecule has 1 aliphatic heterocycles. The Morgan fingerprint density at radius 1 is 1.38 bits per heavy atom. The molecule has 5 nitrogen and oxygen atoms in total. The van der Waals surface area contributed by atoms with E-state index in [-0.39, 0.29) is 30.0 Å². The summed E-state index contributed by atoms with van der Waals surface area (Å²) < 4.78 is 24.4. The highest BCUT2D eigenvalue weighted by Crippen LogP contribution is 2.34. The van der Waals surface area contributed by atoms with E-state index in [0.29, 0.717) is 11.5 Å². The first-order valence-corrected chi connectivity index (χ1v) is 8.60. The number of hydrogen-bond donors (Lipinski definition) is 2. The van der Waals surface area contributed by atoms with Crippen molar-refractivity contribution in [1.29, 1.82) is 0 Å². The third kappa shape index (κ3) is 3.64. The topological polar surface area (TPSA) is 59.6 Å². The Balaban J connectivity index is 1.57. The van der Waals surface area contributed by atoms with Gasteiger partial charge in [0.1, 0.15) is 0 Å². The van der Waals surface area contributed by atoms with Gasteiger partial charge in [-0.25, -0.2) is 9.18 Å². The molecule has 6 heteroatoms. The molecule has 24 heavy (non-hydrogen) atoms. The van der Waals surface area contributed by atoms with Crippen molar-refractivity contribution in [3.05, 3.63) is 29.6 Å². The fourth-order valence-corrected chi connectivity index (χ4v) is 3.80. The van der Waals surface area contributed by atoms with E-state index in [0.717, 1.165) is 32.3 Å². The van der Waals surface area contributed by atoms with Gasteiger partial charge in [0.05, 0.1) is 19.3 Å². The van der Waals surface area contributed by atoms with Crippen LogP contribution in [-0.4, -0.2) is 31.9 Å². The van der Waals surface area contributed by atoms with Crippen LogP contribution in [0.25, 0.3) is 0 Å². The Morgan fingerprint density at radius 3 is 2.96 bits per heavy atom. The summed E-state index contributed by atoms with van der Waals surface area (Å²) in [6.45, 7) is 2.62. The molecule has 0 bridgehead atoms. The second-order valence-electron chi connectivity index (χ2n) is 6.63. The molecule has 1 aliphatic carbocycles. The Bertz CT molecular complexity index is 596. The van der Waals surface area contributed by atoms with Gasteiger partial charge in [-0.15, -0.1) is 0 Å². The van der Waals surface area contributed by atoms with Crippen LogP contribution in [0.1, 0.15) is 44.2 Å². The first-order valence-electron chi connectivity index (χ1n) is 8.60. The molecule has 0 unspecified atom stereocenters. The monoisotopic (exact) mass is 336 g/mol. The summed E-state index contributed by atoms with van der Waals surface area (Å²) in [5.41, 5.74) is 0.703. The molecular formula is C18H25FN2O3. The summed E-state index contributed by atoms with van der Waals surface area (Å²) in [6, 6.07) is 4.38. The number of halogens is 1. The van der Waals surface area contributed by atoms with Gasteiger partial charge in [0.2, 0.25) is 0 Å². The lowest BCUT2D eigenvalue weighted by Gasteiger charge is -2.33. The molecule has 2 fully saturated rings. The van der Waals surface area contributed by atoms with Crippen LogP contribution < -0.4 is 15.4 Å². The Hall–Kier alpha value is -1.82. The maximum Gasteiger partial charge on any atom is 0.315 e. The zero-order valence-electron chi connectivity index (χ0n) is 14.2. The molecule has 1 saturated heterocycles. The highest BCUT2D eigenvalue weighted by atomic mass is 19.1. The molecule has 2 amide bonds. The molecule has 3 rings (SSSR count). The first kappa shape index (κ1) is 17.0. The van der Waals surface area contributed by atoms with Gasteiger partial charge in [-0.05, 0) is 50.3 Å². The molecular weight excluding hydrogens is 311 g/mol. The van der Waals surface area contributed by atoms with E-state index in [4.69, 9.17) is 9.47 Å². The molecule has 1 aromatic carbocycles. The molecule has 4 atom stereocenters. The number of benzene rings is 1. The van der Waals surface area contributed by atoms with E-state index in [1.165, 1.54) is 13.2 Å². The first-order chi connectivity index (χ1) is 11.6. The normalized spacial score (nSPS) is 27.2. The van der Waals surface area contributed by atoms with Crippen molar-refractivity contribution in [1.82, 2.24) is 10.6 Å². The second kappa shape index (κ2) is 7.38. The van der Waals surface area contributed by atoms with Crippen molar-refractivity contribution in [2.45, 2.75) is 50.8 Å². The van der Waals surface area contributed by atoms with Crippen molar-refractivity contribution in [2.24, 2.45) is 5.92 Å². The van der Waals surface area contributed by atoms with E-state index in [2.05, 4.69) is 10.6 Å². The minimum Gasteiger partial charge on any atom is -0.494 e. The van der Waals surface area contributed by atoms with Crippen LogP contribution in [0.4, 0.5) is 9.18 Å². The third-order valence-electron chi connectivity index (χ3n) is 5.12. The zero-order chi connectivity index (χ0) is 17.1. The number of carbonyl (C=O) groups is 1. The van der Waals surface area contributed by atoms with Crippen LogP contribution in [0.5, 0.6) is 5.75 Å². The highest BCUT2D eigenvalue weighted by molar-refractivity contribution is 5.74. The lowest BCUT2D eigenvalue weighted by Crippen LogP contribution is -2.49. The minimum atomic E-state index is -0.428. The van der Waals surface area contributed by atoms with Gasteiger partial charge in [0, 0.05) is 18.6 Å². The molecule has 1 saturated carbocycles. The van der Waals surface area contributed by atoms with Crippen molar-refractivity contribution < 1.29 is 18.7 Å². The smallest absolute Gasteiger partial charge is 0.315 e. The average Bonchev–Trinajstić information content (AvgIpc) is 3.04. The molecule has 0 radical (unpaired) electrons.